The van der Waals surface area contributed by atoms with Crippen molar-refractivity contribution in [1.29, 1.82) is 0 Å². The van der Waals surface area contributed by atoms with Gasteiger partial charge in [-0.05, 0) is 35.7 Å². The summed E-state index contributed by atoms with van der Waals surface area (Å²) in [6, 6.07) is 15.8. The highest BCUT2D eigenvalue weighted by molar-refractivity contribution is 5.63. The van der Waals surface area contributed by atoms with Crippen molar-refractivity contribution in [3.05, 3.63) is 90.5 Å². The van der Waals surface area contributed by atoms with Gasteiger partial charge in [-0.3, -0.25) is 4.98 Å². The predicted molar refractivity (Wildman–Crippen MR) is 98.7 cm³/mol. The first-order chi connectivity index (χ1) is 12.3. The number of benzene rings is 1. The highest BCUT2D eigenvalue weighted by Gasteiger charge is 2.05. The van der Waals surface area contributed by atoms with Crippen LogP contribution < -0.4 is 0 Å². The minimum atomic E-state index is 0.747. The average molecular weight is 322 g/mol. The van der Waals surface area contributed by atoms with Crippen LogP contribution in [0.1, 0.15) is 16.8 Å². The lowest BCUT2D eigenvalue weighted by molar-refractivity contribution is 0.930. The molecule has 0 amide bonds. The number of imidazole rings is 1. The average Bonchev–Trinajstić information content (AvgIpc) is 3.09. The van der Waals surface area contributed by atoms with E-state index in [4.69, 9.17) is 0 Å². The van der Waals surface area contributed by atoms with Crippen LogP contribution in [0.4, 0.5) is 0 Å². The SMILES string of the molecule is C=Cc1ccc(-c2ccc3ncc(C#Cc4ccncc4)n3n2)cc1. The summed E-state index contributed by atoms with van der Waals surface area (Å²) in [5, 5.41) is 4.69. The number of fused-ring (bicyclic) bond motifs is 1. The Morgan fingerprint density at radius 3 is 2.48 bits per heavy atom. The molecule has 4 heteroatoms. The summed E-state index contributed by atoms with van der Waals surface area (Å²) in [6.45, 7) is 3.78. The van der Waals surface area contributed by atoms with E-state index < -0.39 is 0 Å². The highest BCUT2D eigenvalue weighted by Crippen LogP contribution is 2.19. The smallest absolute Gasteiger partial charge is 0.154 e. The molecule has 0 atom stereocenters. The number of hydrogen-bond acceptors (Lipinski definition) is 3. The maximum Gasteiger partial charge on any atom is 0.154 e. The first-order valence-electron chi connectivity index (χ1n) is 7.83. The summed E-state index contributed by atoms with van der Waals surface area (Å²) >= 11 is 0. The van der Waals surface area contributed by atoms with Crippen molar-refractivity contribution in [3.63, 3.8) is 0 Å². The van der Waals surface area contributed by atoms with E-state index in [0.29, 0.717) is 0 Å². The molecule has 118 valence electrons. The lowest BCUT2D eigenvalue weighted by Crippen LogP contribution is -1.97. The van der Waals surface area contributed by atoms with Gasteiger partial charge in [-0.2, -0.15) is 5.10 Å². The molecule has 1 aromatic carbocycles. The molecule has 25 heavy (non-hydrogen) atoms. The molecule has 0 bridgehead atoms. The molecule has 0 saturated heterocycles. The molecule has 0 unspecified atom stereocenters. The molecule has 0 saturated carbocycles. The fraction of sp³-hybridized carbons (Fsp3) is 0. The number of rotatable bonds is 2. The van der Waals surface area contributed by atoms with Crippen molar-refractivity contribution in [2.45, 2.75) is 0 Å². The van der Waals surface area contributed by atoms with E-state index in [0.717, 1.165) is 33.7 Å². The predicted octanol–water partition coefficient (Wildman–Crippen LogP) is 3.83. The van der Waals surface area contributed by atoms with Crippen LogP contribution in [0, 0.1) is 11.8 Å². The van der Waals surface area contributed by atoms with Crippen molar-refractivity contribution in [2.24, 2.45) is 0 Å². The van der Waals surface area contributed by atoms with E-state index in [9.17, 15) is 0 Å². The largest absolute Gasteiger partial charge is 0.265 e. The second kappa shape index (κ2) is 6.42. The topological polar surface area (TPSA) is 43.1 Å². The van der Waals surface area contributed by atoms with Crippen LogP contribution in [0.3, 0.4) is 0 Å². The van der Waals surface area contributed by atoms with Crippen LogP contribution in [-0.2, 0) is 0 Å². The summed E-state index contributed by atoms with van der Waals surface area (Å²) < 4.78 is 1.77. The van der Waals surface area contributed by atoms with E-state index in [-0.39, 0.29) is 0 Å². The van der Waals surface area contributed by atoms with Crippen molar-refractivity contribution in [1.82, 2.24) is 19.6 Å². The van der Waals surface area contributed by atoms with Crippen LogP contribution in [-0.4, -0.2) is 19.6 Å². The van der Waals surface area contributed by atoms with Crippen LogP contribution in [0.15, 0.2) is 73.7 Å². The summed E-state index contributed by atoms with van der Waals surface area (Å²) in [4.78, 5) is 8.36. The Balaban J connectivity index is 1.75. The Morgan fingerprint density at radius 2 is 1.72 bits per heavy atom. The summed E-state index contributed by atoms with van der Waals surface area (Å²) in [5.74, 6) is 6.24. The number of nitrogens with zero attached hydrogens (tertiary/aromatic N) is 4. The number of aromatic nitrogens is 4. The lowest BCUT2D eigenvalue weighted by Gasteiger charge is -2.03. The Kier molecular flexibility index (Phi) is 3.82. The summed E-state index contributed by atoms with van der Waals surface area (Å²) in [6.07, 6.45) is 7.01. The Morgan fingerprint density at radius 1 is 0.920 bits per heavy atom. The van der Waals surface area contributed by atoms with Gasteiger partial charge in [0.05, 0.1) is 11.9 Å². The fourth-order valence-corrected chi connectivity index (χ4v) is 2.47. The van der Waals surface area contributed by atoms with Gasteiger partial charge in [-0.15, -0.1) is 0 Å². The van der Waals surface area contributed by atoms with Crippen LogP contribution in [0.2, 0.25) is 0 Å². The normalized spacial score (nSPS) is 10.2. The number of hydrogen-bond donors (Lipinski definition) is 0. The molecule has 0 aliphatic carbocycles. The molecule has 0 spiro atoms. The minimum Gasteiger partial charge on any atom is -0.265 e. The van der Waals surface area contributed by atoms with Gasteiger partial charge in [-0.25, -0.2) is 9.50 Å². The summed E-state index contributed by atoms with van der Waals surface area (Å²) in [5.41, 5.74) is 5.40. The van der Waals surface area contributed by atoms with Gasteiger partial charge in [0.2, 0.25) is 0 Å². The van der Waals surface area contributed by atoms with Gasteiger partial charge in [-0.1, -0.05) is 42.8 Å². The third-order valence-corrected chi connectivity index (χ3v) is 3.82. The molecule has 3 aromatic heterocycles. The van der Waals surface area contributed by atoms with Crippen LogP contribution >= 0.6 is 0 Å². The molecular weight excluding hydrogens is 308 g/mol. The molecule has 4 nitrogen and oxygen atoms in total. The van der Waals surface area contributed by atoms with Gasteiger partial charge >= 0.3 is 0 Å². The molecule has 0 fully saturated rings. The standard InChI is InChI=1S/C21H14N4/c1-2-16-3-6-18(7-4-16)20-9-10-21-23-15-19(25(21)24-20)8-5-17-11-13-22-14-12-17/h2-4,6-7,9-15H,1H2. The van der Waals surface area contributed by atoms with Crippen LogP contribution in [0.25, 0.3) is 23.0 Å². The Hall–Kier alpha value is -3.71. The lowest BCUT2D eigenvalue weighted by atomic mass is 10.1. The first kappa shape index (κ1) is 14.9. The molecule has 4 rings (SSSR count). The van der Waals surface area contributed by atoms with Gasteiger partial charge < -0.3 is 0 Å². The number of pyridine rings is 1. The third-order valence-electron chi connectivity index (χ3n) is 3.82. The van der Waals surface area contributed by atoms with E-state index in [1.165, 1.54) is 0 Å². The molecule has 3 heterocycles. The maximum atomic E-state index is 4.69. The molecule has 0 aliphatic heterocycles. The van der Waals surface area contributed by atoms with Gasteiger partial charge in [0.25, 0.3) is 0 Å². The molecular formula is C21H14N4. The summed E-state index contributed by atoms with van der Waals surface area (Å²) in [7, 11) is 0. The zero-order valence-electron chi connectivity index (χ0n) is 13.4. The van der Waals surface area contributed by atoms with E-state index in [1.807, 2.05) is 54.6 Å². The second-order valence-electron chi connectivity index (χ2n) is 5.44. The first-order valence-corrected chi connectivity index (χ1v) is 7.83. The van der Waals surface area contributed by atoms with E-state index in [1.54, 1.807) is 23.1 Å². The highest BCUT2D eigenvalue weighted by atomic mass is 15.3. The van der Waals surface area contributed by atoms with E-state index >= 15 is 0 Å². The molecule has 0 N–H and O–H groups in total. The monoisotopic (exact) mass is 322 g/mol. The molecule has 0 aliphatic rings. The van der Waals surface area contributed by atoms with Gasteiger partial charge in [0, 0.05) is 23.5 Å². The van der Waals surface area contributed by atoms with Gasteiger partial charge in [0.1, 0.15) is 5.69 Å². The fourth-order valence-electron chi connectivity index (χ4n) is 2.47. The van der Waals surface area contributed by atoms with E-state index in [2.05, 4.69) is 33.5 Å². The third kappa shape index (κ3) is 3.04. The zero-order chi connectivity index (χ0) is 17.1. The quantitative estimate of drug-likeness (QED) is 0.527. The Bertz CT molecular complexity index is 1100. The van der Waals surface area contributed by atoms with Crippen molar-refractivity contribution < 1.29 is 0 Å². The van der Waals surface area contributed by atoms with Crippen molar-refractivity contribution in [3.8, 4) is 23.1 Å². The minimum absolute atomic E-state index is 0.747. The van der Waals surface area contributed by atoms with Crippen LogP contribution in [0.5, 0.6) is 0 Å². The van der Waals surface area contributed by atoms with Gasteiger partial charge in [0.15, 0.2) is 5.65 Å². The van der Waals surface area contributed by atoms with Crippen molar-refractivity contribution >= 4 is 11.7 Å². The zero-order valence-corrected chi connectivity index (χ0v) is 13.4. The molecule has 0 radical (unpaired) electrons. The maximum absolute atomic E-state index is 4.69. The second-order valence-corrected chi connectivity index (χ2v) is 5.44. The van der Waals surface area contributed by atoms with Crippen molar-refractivity contribution in [2.75, 3.05) is 0 Å². The molecule has 4 aromatic rings. The Labute approximate surface area is 145 Å².